The van der Waals surface area contributed by atoms with Gasteiger partial charge in [0, 0.05) is 76.4 Å². The minimum atomic E-state index is -4.84. The van der Waals surface area contributed by atoms with Gasteiger partial charge in [-0.15, -0.1) is 11.3 Å². The van der Waals surface area contributed by atoms with Crippen molar-refractivity contribution in [3.8, 4) is 5.75 Å². The third-order valence-electron chi connectivity index (χ3n) is 10.3. The highest BCUT2D eigenvalue weighted by molar-refractivity contribution is 7.14. The molecule has 3 saturated heterocycles. The number of amides is 4. The third kappa shape index (κ3) is 7.71. The zero-order chi connectivity index (χ0) is 34.2. The van der Waals surface area contributed by atoms with Crippen molar-refractivity contribution in [3.63, 3.8) is 0 Å². The molecule has 3 fully saturated rings. The van der Waals surface area contributed by atoms with Gasteiger partial charge in [0.05, 0.1) is 23.0 Å². The van der Waals surface area contributed by atoms with Crippen LogP contribution < -0.4 is 5.32 Å². The molecule has 4 aliphatic heterocycles. The molecule has 0 bridgehead atoms. The van der Waals surface area contributed by atoms with E-state index in [0.717, 1.165) is 55.7 Å². The molecule has 48 heavy (non-hydrogen) atoms. The number of urea groups is 1. The van der Waals surface area contributed by atoms with Gasteiger partial charge in [-0.2, -0.15) is 13.2 Å². The van der Waals surface area contributed by atoms with E-state index in [1.165, 1.54) is 17.4 Å². The summed E-state index contributed by atoms with van der Waals surface area (Å²) >= 11 is 7.50. The van der Waals surface area contributed by atoms with Crippen molar-refractivity contribution in [1.82, 2.24) is 24.5 Å². The number of likely N-dealkylation sites (tertiary alicyclic amines) is 2. The second kappa shape index (κ2) is 14.4. The van der Waals surface area contributed by atoms with Crippen molar-refractivity contribution in [3.05, 3.63) is 45.3 Å². The van der Waals surface area contributed by atoms with Crippen molar-refractivity contribution < 1.29 is 32.7 Å². The summed E-state index contributed by atoms with van der Waals surface area (Å²) < 4.78 is 41.2. The van der Waals surface area contributed by atoms with Gasteiger partial charge >= 0.3 is 12.2 Å². The summed E-state index contributed by atoms with van der Waals surface area (Å²) in [5.41, 5.74) is -0.0739. The van der Waals surface area contributed by atoms with Crippen LogP contribution in [0.2, 0.25) is 5.02 Å². The Morgan fingerprint density at radius 3 is 2.31 bits per heavy atom. The fraction of sp³-hybridized carbons (Fsp3) is 0.606. The summed E-state index contributed by atoms with van der Waals surface area (Å²) in [7, 11) is 2.11. The number of phenolic OH excluding ortho intramolecular Hbond substituents is 1. The molecule has 0 unspecified atom stereocenters. The number of rotatable bonds is 7. The highest BCUT2D eigenvalue weighted by Crippen LogP contribution is 2.41. The Labute approximate surface area is 287 Å². The largest absolute Gasteiger partial charge is 0.506 e. The van der Waals surface area contributed by atoms with Gasteiger partial charge < -0.3 is 24.7 Å². The van der Waals surface area contributed by atoms with Crippen LogP contribution in [0.15, 0.2) is 23.6 Å². The van der Waals surface area contributed by atoms with Crippen LogP contribution in [0.1, 0.15) is 48.8 Å². The van der Waals surface area contributed by atoms with Crippen LogP contribution in [0.3, 0.4) is 0 Å². The van der Waals surface area contributed by atoms with Crippen LogP contribution in [0.5, 0.6) is 5.75 Å². The van der Waals surface area contributed by atoms with E-state index in [1.807, 2.05) is 16.3 Å². The quantitative estimate of drug-likeness (QED) is 0.422. The molecule has 1 aromatic heterocycles. The first-order valence-corrected chi connectivity index (χ1v) is 17.8. The smallest absolute Gasteiger partial charge is 0.420 e. The lowest BCUT2D eigenvalue weighted by atomic mass is 9.91. The number of benzene rings is 1. The maximum absolute atomic E-state index is 14.0. The molecule has 262 valence electrons. The number of thiophene rings is 1. The van der Waals surface area contributed by atoms with Gasteiger partial charge in [0.1, 0.15) is 10.8 Å². The topological polar surface area (TPSA) is 99.7 Å². The number of hydrogen-bond acceptors (Lipinski definition) is 7. The van der Waals surface area contributed by atoms with Gasteiger partial charge in [-0.25, -0.2) is 4.79 Å². The second-order valence-electron chi connectivity index (χ2n) is 13.4. The second-order valence-corrected chi connectivity index (χ2v) is 14.7. The highest BCUT2D eigenvalue weighted by Gasteiger charge is 2.38. The van der Waals surface area contributed by atoms with Crippen molar-refractivity contribution in [2.45, 2.75) is 63.3 Å². The lowest BCUT2D eigenvalue weighted by Gasteiger charge is -2.42. The van der Waals surface area contributed by atoms with E-state index < -0.39 is 28.4 Å². The molecular formula is C33H42ClF3N6O4S. The fourth-order valence-corrected chi connectivity index (χ4v) is 8.51. The van der Waals surface area contributed by atoms with E-state index in [-0.39, 0.29) is 42.3 Å². The van der Waals surface area contributed by atoms with Crippen LogP contribution >= 0.6 is 22.9 Å². The summed E-state index contributed by atoms with van der Waals surface area (Å²) in [6.45, 7) is 6.30. The number of fused-ring (bicyclic) bond motifs is 1. The van der Waals surface area contributed by atoms with Crippen LogP contribution in [0.25, 0.3) is 0 Å². The van der Waals surface area contributed by atoms with E-state index in [9.17, 15) is 32.7 Å². The number of aromatic hydroxyl groups is 1. The molecule has 0 radical (unpaired) electrons. The molecule has 0 spiro atoms. The van der Waals surface area contributed by atoms with E-state index in [1.54, 1.807) is 9.80 Å². The molecule has 2 aromatic rings. The number of anilines is 1. The van der Waals surface area contributed by atoms with Gasteiger partial charge in [0.2, 0.25) is 11.8 Å². The lowest BCUT2D eigenvalue weighted by Crippen LogP contribution is -2.54. The van der Waals surface area contributed by atoms with E-state index in [4.69, 9.17) is 11.6 Å². The summed E-state index contributed by atoms with van der Waals surface area (Å²) in [4.78, 5) is 50.5. The number of carbonyl (C=O) groups excluding carboxylic acids is 3. The van der Waals surface area contributed by atoms with Crippen molar-refractivity contribution in [2.75, 3.05) is 64.7 Å². The van der Waals surface area contributed by atoms with E-state index in [0.29, 0.717) is 51.6 Å². The molecular weight excluding hydrogens is 669 g/mol. The molecule has 1 aromatic carbocycles. The van der Waals surface area contributed by atoms with Crippen molar-refractivity contribution >= 4 is 45.8 Å². The standard InChI is InChI=1S/C33H42ClF3N6O4S/c1-39-11-13-40(14-12-39)24-2-9-42(10-3-24)31(46)23(16-21-17-26(33(35,36)37)29(45)27(34)18-21)19-28(44)41-7-4-25(5-8-41)43-20-22-6-15-48-30(22)38-32(43)47/h6,15,17-18,23-25,45H,2-5,7-14,16,19-20H2,1H3,(H,38,47)/t23-/m0/s1. The Hall–Kier alpha value is -3.07. The normalized spacial score (nSPS) is 21.3. The minimum absolute atomic E-state index is 0.0407. The number of nitrogens with one attached hydrogen (secondary N) is 1. The number of phenols is 1. The molecule has 2 N–H and O–H groups in total. The molecule has 10 nitrogen and oxygen atoms in total. The van der Waals surface area contributed by atoms with Crippen molar-refractivity contribution in [2.24, 2.45) is 5.92 Å². The zero-order valence-corrected chi connectivity index (χ0v) is 28.5. The Morgan fingerprint density at radius 2 is 1.65 bits per heavy atom. The minimum Gasteiger partial charge on any atom is -0.506 e. The lowest BCUT2D eigenvalue weighted by molar-refractivity contribution is -0.143. The molecule has 5 heterocycles. The molecule has 6 rings (SSSR count). The summed E-state index contributed by atoms with van der Waals surface area (Å²) in [6, 6.07) is 4.23. The number of nitrogens with zero attached hydrogens (tertiary/aromatic N) is 5. The molecule has 4 aliphatic rings. The van der Waals surface area contributed by atoms with Crippen LogP contribution in [-0.4, -0.2) is 119 Å². The first kappa shape index (κ1) is 34.8. The molecule has 15 heteroatoms. The van der Waals surface area contributed by atoms with Gasteiger partial charge in [0.15, 0.2) is 0 Å². The predicted molar refractivity (Wildman–Crippen MR) is 177 cm³/mol. The summed E-state index contributed by atoms with van der Waals surface area (Å²) in [5.74, 6) is -2.46. The number of piperidine rings is 2. The third-order valence-corrected chi connectivity index (χ3v) is 11.5. The monoisotopic (exact) mass is 710 g/mol. The molecule has 0 aliphatic carbocycles. The highest BCUT2D eigenvalue weighted by atomic mass is 35.5. The number of piperazine rings is 1. The Morgan fingerprint density at radius 1 is 1.00 bits per heavy atom. The summed E-state index contributed by atoms with van der Waals surface area (Å²) in [5, 5.41) is 15.3. The number of likely N-dealkylation sites (N-methyl/N-ethyl adjacent to an activating group) is 1. The average Bonchev–Trinajstić information content (AvgIpc) is 3.52. The van der Waals surface area contributed by atoms with E-state index in [2.05, 4.69) is 22.2 Å². The Balaban J connectivity index is 1.13. The van der Waals surface area contributed by atoms with Crippen molar-refractivity contribution in [1.29, 1.82) is 0 Å². The van der Waals surface area contributed by atoms with E-state index >= 15 is 0 Å². The number of halogens is 4. The summed E-state index contributed by atoms with van der Waals surface area (Å²) in [6.07, 6.45) is -2.37. The number of alkyl halides is 3. The van der Waals surface area contributed by atoms with Crippen LogP contribution in [-0.2, 0) is 28.7 Å². The maximum Gasteiger partial charge on any atom is 0.420 e. The van der Waals surface area contributed by atoms with Gasteiger partial charge in [-0.3, -0.25) is 19.8 Å². The molecule has 0 saturated carbocycles. The van der Waals surface area contributed by atoms with Crippen LogP contribution in [0.4, 0.5) is 23.0 Å². The SMILES string of the molecule is CN1CCN(C2CCN(C(=O)[C@H](CC(=O)N3CCC(N4Cc5ccsc5NC4=O)CC3)Cc3cc(Cl)c(O)c(C(F)(F)F)c3)CC2)CC1. The number of hydrogen-bond donors (Lipinski definition) is 2. The molecule has 1 atom stereocenters. The van der Waals surface area contributed by atoms with Gasteiger partial charge in [-0.1, -0.05) is 11.6 Å². The Bertz CT molecular complexity index is 1500. The average molecular weight is 711 g/mol. The first-order valence-electron chi connectivity index (χ1n) is 16.6. The molecule has 4 amide bonds. The fourth-order valence-electron chi connectivity index (χ4n) is 7.47. The predicted octanol–water partition coefficient (Wildman–Crippen LogP) is 4.95. The number of carbonyl (C=O) groups is 3. The van der Waals surface area contributed by atoms with Gasteiger partial charge in [-0.05, 0) is 68.3 Å². The zero-order valence-electron chi connectivity index (χ0n) is 27.0. The first-order chi connectivity index (χ1) is 22.9. The maximum atomic E-state index is 14.0. The van der Waals surface area contributed by atoms with Crippen LogP contribution in [0, 0.1) is 5.92 Å². The Kier molecular flexibility index (Phi) is 10.4. The van der Waals surface area contributed by atoms with Gasteiger partial charge in [0.25, 0.3) is 0 Å².